The molecule has 0 fully saturated rings. The zero-order valence-corrected chi connectivity index (χ0v) is 15.0. The number of benzene rings is 1. The van der Waals surface area contributed by atoms with Crippen molar-refractivity contribution < 1.29 is 9.13 Å². The molecule has 0 spiro atoms. The number of azide groups is 1. The highest BCUT2D eigenvalue weighted by molar-refractivity contribution is 7.98. The molecular weight excluding hydrogens is 315 g/mol. The van der Waals surface area contributed by atoms with Crippen LogP contribution in [0.2, 0.25) is 0 Å². The lowest BCUT2D eigenvalue weighted by atomic mass is 9.97. The summed E-state index contributed by atoms with van der Waals surface area (Å²) in [7, 11) is 0. The Kier molecular flexibility index (Phi) is 5.14. The fourth-order valence-corrected chi connectivity index (χ4v) is 3.19. The van der Waals surface area contributed by atoms with E-state index in [1.807, 2.05) is 13.8 Å². The number of fused-ring (bicyclic) bond motifs is 1. The summed E-state index contributed by atoms with van der Waals surface area (Å²) in [5.74, 6) is 0.432. The van der Waals surface area contributed by atoms with E-state index in [2.05, 4.69) is 35.5 Å². The van der Waals surface area contributed by atoms with Crippen LogP contribution in [0.5, 0.6) is 5.75 Å². The summed E-state index contributed by atoms with van der Waals surface area (Å²) in [5.41, 5.74) is 9.52. The maximum Gasteiger partial charge on any atom is 0.128 e. The Hall–Kier alpha value is -1.43. The van der Waals surface area contributed by atoms with E-state index in [4.69, 9.17) is 10.3 Å². The molecule has 0 saturated heterocycles. The maximum atomic E-state index is 14.0. The van der Waals surface area contributed by atoms with Crippen LogP contribution < -0.4 is 9.46 Å². The van der Waals surface area contributed by atoms with Crippen LogP contribution in [0.15, 0.2) is 17.2 Å². The average molecular weight is 338 g/mol. The fourth-order valence-electron chi connectivity index (χ4n) is 2.53. The van der Waals surface area contributed by atoms with Crippen LogP contribution in [0.1, 0.15) is 51.8 Å². The number of halogens is 1. The van der Waals surface area contributed by atoms with Gasteiger partial charge in [0, 0.05) is 33.2 Å². The van der Waals surface area contributed by atoms with Gasteiger partial charge in [0.25, 0.3) is 0 Å². The van der Waals surface area contributed by atoms with Crippen molar-refractivity contribution in [2.45, 2.75) is 57.4 Å². The molecule has 0 bridgehead atoms. The van der Waals surface area contributed by atoms with Crippen molar-refractivity contribution in [2.75, 3.05) is 6.54 Å². The Morgan fingerprint density at radius 1 is 1.52 bits per heavy atom. The molecule has 126 valence electrons. The van der Waals surface area contributed by atoms with Gasteiger partial charge < -0.3 is 4.74 Å². The Balaban J connectivity index is 2.26. The van der Waals surface area contributed by atoms with E-state index in [1.165, 1.54) is 12.1 Å². The van der Waals surface area contributed by atoms with Crippen LogP contribution in [0, 0.1) is 5.82 Å². The second-order valence-electron chi connectivity index (χ2n) is 7.15. The SMILES string of the molecule is C[C@@H](NSC(C)(C)C)c1cc(F)cc2c1O[C@@](C)(CN=[N+]=[N-])C2. The molecular formula is C16H23FN4OS. The second-order valence-corrected chi connectivity index (χ2v) is 8.82. The molecule has 1 aliphatic heterocycles. The van der Waals surface area contributed by atoms with Crippen LogP contribution in [0.3, 0.4) is 0 Å². The molecule has 1 N–H and O–H groups in total. The molecule has 1 aromatic carbocycles. The largest absolute Gasteiger partial charge is 0.486 e. The van der Waals surface area contributed by atoms with E-state index in [0.29, 0.717) is 12.2 Å². The molecule has 0 aromatic heterocycles. The molecule has 0 radical (unpaired) electrons. The van der Waals surface area contributed by atoms with Gasteiger partial charge in [0.2, 0.25) is 0 Å². The van der Waals surface area contributed by atoms with Crippen LogP contribution in [0.25, 0.3) is 10.4 Å². The standard InChI is InChI=1S/C16H23FN4OS/c1-10(20-23-15(2,3)4)13-7-12(17)6-11-8-16(5,9-19-21-18)22-14(11)13/h6-7,10,20H,8-9H2,1-5H3/t10-,16-/m1/s1. The second kappa shape index (κ2) is 6.59. The number of hydrogen-bond donors (Lipinski definition) is 1. The number of hydrogen-bond acceptors (Lipinski definition) is 4. The van der Waals surface area contributed by atoms with E-state index < -0.39 is 5.60 Å². The Labute approximate surface area is 140 Å². The maximum absolute atomic E-state index is 14.0. The number of rotatable bonds is 5. The summed E-state index contributed by atoms with van der Waals surface area (Å²) in [6.45, 7) is 10.4. The Morgan fingerprint density at radius 2 is 2.22 bits per heavy atom. The van der Waals surface area contributed by atoms with Gasteiger partial charge in [-0.1, -0.05) is 17.1 Å². The minimum atomic E-state index is -0.617. The number of nitrogens with zero attached hydrogens (tertiary/aromatic N) is 3. The van der Waals surface area contributed by atoms with Crippen molar-refractivity contribution in [3.05, 3.63) is 39.5 Å². The third-order valence-electron chi connectivity index (χ3n) is 3.55. The van der Waals surface area contributed by atoms with Crippen molar-refractivity contribution in [2.24, 2.45) is 5.11 Å². The first-order valence-electron chi connectivity index (χ1n) is 7.59. The van der Waals surface area contributed by atoms with Crippen LogP contribution >= 0.6 is 11.9 Å². The quantitative estimate of drug-likeness (QED) is 0.358. The van der Waals surface area contributed by atoms with Gasteiger partial charge in [-0.15, -0.1) is 0 Å². The van der Waals surface area contributed by atoms with Crippen molar-refractivity contribution in [3.8, 4) is 5.75 Å². The summed E-state index contributed by atoms with van der Waals surface area (Å²) >= 11 is 1.61. The summed E-state index contributed by atoms with van der Waals surface area (Å²) < 4.78 is 23.5. The molecule has 7 heteroatoms. The zero-order chi connectivity index (χ0) is 17.3. The van der Waals surface area contributed by atoms with Crippen molar-refractivity contribution in [3.63, 3.8) is 0 Å². The molecule has 0 aliphatic carbocycles. The van der Waals surface area contributed by atoms with Gasteiger partial charge in [-0.2, -0.15) is 0 Å². The smallest absolute Gasteiger partial charge is 0.128 e. The van der Waals surface area contributed by atoms with Gasteiger partial charge in [0.1, 0.15) is 17.2 Å². The lowest BCUT2D eigenvalue weighted by molar-refractivity contribution is 0.124. The van der Waals surface area contributed by atoms with Crippen LogP contribution in [-0.4, -0.2) is 16.9 Å². The molecule has 0 saturated carbocycles. The molecule has 2 atom stereocenters. The average Bonchev–Trinajstić information content (AvgIpc) is 2.77. The predicted molar refractivity (Wildman–Crippen MR) is 92.0 cm³/mol. The fraction of sp³-hybridized carbons (Fsp3) is 0.625. The van der Waals surface area contributed by atoms with Gasteiger partial charge in [-0.3, -0.25) is 4.72 Å². The predicted octanol–water partition coefficient (Wildman–Crippen LogP) is 4.93. The van der Waals surface area contributed by atoms with Gasteiger partial charge in [-0.05, 0) is 52.3 Å². The number of ether oxygens (including phenoxy) is 1. The number of nitrogens with one attached hydrogen (secondary N) is 1. The van der Waals surface area contributed by atoms with Crippen molar-refractivity contribution in [1.82, 2.24) is 4.72 Å². The zero-order valence-electron chi connectivity index (χ0n) is 14.2. The molecule has 1 aromatic rings. The molecule has 1 heterocycles. The summed E-state index contributed by atoms with van der Waals surface area (Å²) in [4.78, 5) is 2.79. The van der Waals surface area contributed by atoms with Crippen molar-refractivity contribution >= 4 is 11.9 Å². The molecule has 0 unspecified atom stereocenters. The van der Waals surface area contributed by atoms with Crippen molar-refractivity contribution in [1.29, 1.82) is 0 Å². The molecule has 2 rings (SSSR count). The van der Waals surface area contributed by atoms with Gasteiger partial charge >= 0.3 is 0 Å². The van der Waals surface area contributed by atoms with E-state index in [1.54, 1.807) is 11.9 Å². The van der Waals surface area contributed by atoms with E-state index in [9.17, 15) is 4.39 Å². The highest BCUT2D eigenvalue weighted by atomic mass is 32.2. The van der Waals surface area contributed by atoms with E-state index in [-0.39, 0.29) is 23.2 Å². The monoisotopic (exact) mass is 338 g/mol. The minimum absolute atomic E-state index is 0.0572. The lowest BCUT2D eigenvalue weighted by Gasteiger charge is -2.25. The highest BCUT2D eigenvalue weighted by Crippen LogP contribution is 2.41. The van der Waals surface area contributed by atoms with E-state index in [0.717, 1.165) is 11.1 Å². The third kappa shape index (κ3) is 4.53. The topological polar surface area (TPSA) is 70.0 Å². The molecule has 0 amide bonds. The summed E-state index contributed by atoms with van der Waals surface area (Å²) in [6.07, 6.45) is 0.533. The Bertz CT molecular complexity index is 640. The molecule has 5 nitrogen and oxygen atoms in total. The van der Waals surface area contributed by atoms with Gasteiger partial charge in [0.05, 0.1) is 6.54 Å². The summed E-state index contributed by atoms with van der Waals surface area (Å²) in [6, 6.07) is 2.95. The highest BCUT2D eigenvalue weighted by Gasteiger charge is 2.37. The first-order chi connectivity index (χ1) is 10.6. The summed E-state index contributed by atoms with van der Waals surface area (Å²) in [5, 5.41) is 3.62. The normalized spacial score (nSPS) is 21.3. The van der Waals surface area contributed by atoms with Crippen LogP contribution in [0.4, 0.5) is 4.39 Å². The van der Waals surface area contributed by atoms with Crippen LogP contribution in [-0.2, 0) is 6.42 Å². The van der Waals surface area contributed by atoms with E-state index >= 15 is 0 Å². The van der Waals surface area contributed by atoms with Gasteiger partial charge in [0.15, 0.2) is 0 Å². The first-order valence-corrected chi connectivity index (χ1v) is 8.41. The Morgan fingerprint density at radius 3 is 2.83 bits per heavy atom. The molecule has 23 heavy (non-hydrogen) atoms. The lowest BCUT2D eigenvalue weighted by Crippen LogP contribution is -2.33. The van der Waals surface area contributed by atoms with Gasteiger partial charge in [-0.25, -0.2) is 4.39 Å². The third-order valence-corrected chi connectivity index (χ3v) is 4.63. The minimum Gasteiger partial charge on any atom is -0.486 e. The first kappa shape index (κ1) is 17.9. The molecule has 1 aliphatic rings.